The molecule has 0 spiro atoms. The molecule has 0 aliphatic rings. The van der Waals surface area contributed by atoms with Crippen LogP contribution in [-0.2, 0) is 30.4 Å². The van der Waals surface area contributed by atoms with Crippen LogP contribution in [0.3, 0.4) is 0 Å². The van der Waals surface area contributed by atoms with Crippen molar-refractivity contribution in [3.63, 3.8) is 0 Å². The van der Waals surface area contributed by atoms with Gasteiger partial charge in [-0.1, -0.05) is 6.42 Å². The van der Waals surface area contributed by atoms with Gasteiger partial charge in [0.1, 0.15) is 18.1 Å². The SMILES string of the molecule is NCCCCC(N)C(=O)NC(CC(N)=O)C(=O)NC(CCCN=C(N)N)C(=O)NC(Cc1cnc[nH]1)C(=O)O. The molecule has 1 heterocycles. The zero-order valence-corrected chi connectivity index (χ0v) is 21.6. The van der Waals surface area contributed by atoms with E-state index in [0.29, 0.717) is 31.5 Å². The van der Waals surface area contributed by atoms with Gasteiger partial charge in [0.25, 0.3) is 0 Å². The number of carbonyl (C=O) groups excluding carboxylic acids is 4. The second-order valence-electron chi connectivity index (χ2n) is 8.81. The molecule has 15 N–H and O–H groups in total. The molecule has 0 bridgehead atoms. The maximum Gasteiger partial charge on any atom is 0.326 e. The van der Waals surface area contributed by atoms with Gasteiger partial charge in [-0.2, -0.15) is 0 Å². The molecule has 4 unspecified atom stereocenters. The van der Waals surface area contributed by atoms with Crippen molar-refractivity contribution in [1.82, 2.24) is 25.9 Å². The van der Waals surface area contributed by atoms with Crippen LogP contribution in [-0.4, -0.2) is 87.9 Å². The number of nitrogens with one attached hydrogen (secondary N) is 4. The Hall–Kier alpha value is -4.25. The third-order valence-corrected chi connectivity index (χ3v) is 5.52. The lowest BCUT2D eigenvalue weighted by molar-refractivity contribution is -0.142. The van der Waals surface area contributed by atoms with Crippen LogP contribution in [0.25, 0.3) is 0 Å². The molecular weight excluding hydrogens is 514 g/mol. The second kappa shape index (κ2) is 17.3. The molecule has 0 fully saturated rings. The van der Waals surface area contributed by atoms with Crippen molar-refractivity contribution in [2.75, 3.05) is 13.1 Å². The van der Waals surface area contributed by atoms with E-state index < -0.39 is 60.2 Å². The standard InChI is InChI=1S/C22H39N11O6/c23-6-2-1-4-13(24)18(35)32-15(9-17(25)34)20(37)31-14(5-3-7-29-22(26)27)19(36)33-16(21(38)39)8-12-10-28-11-30-12/h10-11,13-16H,1-9,23-24H2,(H2,25,34)(H,28,30)(H,31,37)(H,32,35)(H,33,36)(H,38,39)(H4,26,27,29). The number of aromatic nitrogens is 2. The Kier molecular flexibility index (Phi) is 14.5. The van der Waals surface area contributed by atoms with E-state index >= 15 is 0 Å². The maximum atomic E-state index is 13.1. The maximum absolute atomic E-state index is 13.1. The van der Waals surface area contributed by atoms with Gasteiger partial charge >= 0.3 is 5.97 Å². The molecule has 17 heteroatoms. The first-order chi connectivity index (χ1) is 18.4. The highest BCUT2D eigenvalue weighted by Crippen LogP contribution is 2.06. The Labute approximate surface area is 225 Å². The highest BCUT2D eigenvalue weighted by atomic mass is 16.4. The van der Waals surface area contributed by atoms with E-state index in [0.717, 1.165) is 0 Å². The number of carboxylic acids is 1. The number of nitrogens with two attached hydrogens (primary N) is 5. The molecule has 0 radical (unpaired) electrons. The Morgan fingerprint density at radius 3 is 2.13 bits per heavy atom. The quantitative estimate of drug-likeness (QED) is 0.0445. The number of aliphatic imine (C=N–C) groups is 1. The number of primary amides is 1. The highest BCUT2D eigenvalue weighted by molar-refractivity contribution is 5.96. The third-order valence-electron chi connectivity index (χ3n) is 5.52. The molecule has 0 aliphatic heterocycles. The number of aliphatic carboxylic acids is 1. The fourth-order valence-electron chi connectivity index (χ4n) is 3.46. The Morgan fingerprint density at radius 1 is 0.923 bits per heavy atom. The van der Waals surface area contributed by atoms with Gasteiger partial charge in [0.2, 0.25) is 23.6 Å². The van der Waals surface area contributed by atoms with Crippen molar-refractivity contribution in [1.29, 1.82) is 0 Å². The van der Waals surface area contributed by atoms with E-state index in [1.165, 1.54) is 12.5 Å². The summed E-state index contributed by atoms with van der Waals surface area (Å²) in [6, 6.07) is -5.00. The van der Waals surface area contributed by atoms with E-state index in [1.54, 1.807) is 0 Å². The molecule has 4 atom stereocenters. The van der Waals surface area contributed by atoms with E-state index in [1.807, 2.05) is 0 Å². The van der Waals surface area contributed by atoms with Crippen LogP contribution in [0, 0.1) is 0 Å². The van der Waals surface area contributed by atoms with Crippen LogP contribution < -0.4 is 44.6 Å². The van der Waals surface area contributed by atoms with E-state index in [4.69, 9.17) is 28.7 Å². The van der Waals surface area contributed by atoms with E-state index in [-0.39, 0.29) is 31.8 Å². The minimum atomic E-state index is -1.43. The number of nitrogens with zero attached hydrogens (tertiary/aromatic N) is 2. The van der Waals surface area contributed by atoms with Gasteiger partial charge in [-0.25, -0.2) is 9.78 Å². The van der Waals surface area contributed by atoms with Gasteiger partial charge in [0.05, 0.1) is 18.8 Å². The van der Waals surface area contributed by atoms with Crippen molar-refractivity contribution < 1.29 is 29.1 Å². The number of carboxylic acid groups (broad SMARTS) is 1. The minimum Gasteiger partial charge on any atom is -0.480 e. The lowest BCUT2D eigenvalue weighted by Gasteiger charge is -2.24. The smallest absolute Gasteiger partial charge is 0.326 e. The Morgan fingerprint density at radius 2 is 1.56 bits per heavy atom. The fourth-order valence-corrected chi connectivity index (χ4v) is 3.46. The lowest BCUT2D eigenvalue weighted by Crippen LogP contribution is -2.58. The predicted molar refractivity (Wildman–Crippen MR) is 140 cm³/mol. The van der Waals surface area contributed by atoms with Crippen LogP contribution in [0.4, 0.5) is 0 Å². The Balaban J connectivity index is 3.01. The van der Waals surface area contributed by atoms with Gasteiger partial charge in [-0.3, -0.25) is 24.2 Å². The molecule has 1 rings (SSSR count). The first-order valence-corrected chi connectivity index (χ1v) is 12.3. The normalized spacial score (nSPS) is 13.8. The van der Waals surface area contributed by atoms with Crippen LogP contribution in [0.15, 0.2) is 17.5 Å². The molecule has 1 aromatic heterocycles. The van der Waals surface area contributed by atoms with Crippen molar-refractivity contribution in [3.05, 3.63) is 18.2 Å². The van der Waals surface area contributed by atoms with Crippen LogP contribution in [0.2, 0.25) is 0 Å². The summed E-state index contributed by atoms with van der Waals surface area (Å²) in [6.07, 6.45) is 3.88. The first kappa shape index (κ1) is 32.8. The number of unbranched alkanes of at least 4 members (excludes halogenated alkanes) is 1. The topological polar surface area (TPSA) is 313 Å². The summed E-state index contributed by atoms with van der Waals surface area (Å²) >= 11 is 0. The molecule has 0 aliphatic carbocycles. The van der Waals surface area contributed by atoms with Gasteiger partial charge in [-0.05, 0) is 32.2 Å². The number of hydrogen-bond donors (Lipinski definition) is 10. The summed E-state index contributed by atoms with van der Waals surface area (Å²) in [7, 11) is 0. The molecule has 17 nitrogen and oxygen atoms in total. The fraction of sp³-hybridized carbons (Fsp3) is 0.591. The monoisotopic (exact) mass is 553 g/mol. The number of hydrogen-bond acceptors (Lipinski definition) is 9. The van der Waals surface area contributed by atoms with Gasteiger partial charge in [-0.15, -0.1) is 0 Å². The molecule has 0 aromatic carbocycles. The van der Waals surface area contributed by atoms with Crippen LogP contribution in [0.5, 0.6) is 0 Å². The zero-order valence-electron chi connectivity index (χ0n) is 21.6. The van der Waals surface area contributed by atoms with Crippen molar-refractivity contribution >= 4 is 35.6 Å². The average molecular weight is 554 g/mol. The molecule has 1 aromatic rings. The van der Waals surface area contributed by atoms with E-state index in [2.05, 4.69) is 30.9 Å². The molecule has 218 valence electrons. The van der Waals surface area contributed by atoms with Crippen LogP contribution >= 0.6 is 0 Å². The molecule has 4 amide bonds. The lowest BCUT2D eigenvalue weighted by atomic mass is 10.1. The number of H-pyrrole nitrogens is 1. The van der Waals surface area contributed by atoms with Gasteiger partial charge in [0.15, 0.2) is 5.96 Å². The van der Waals surface area contributed by atoms with E-state index in [9.17, 15) is 29.1 Å². The highest BCUT2D eigenvalue weighted by Gasteiger charge is 2.31. The van der Waals surface area contributed by atoms with Crippen molar-refractivity contribution in [2.45, 2.75) is 69.1 Å². The van der Waals surface area contributed by atoms with Crippen LogP contribution in [0.1, 0.15) is 44.2 Å². The number of imidazole rings is 1. The Bertz CT molecular complexity index is 981. The summed E-state index contributed by atoms with van der Waals surface area (Å²) in [6.45, 7) is 0.551. The third kappa shape index (κ3) is 13.2. The largest absolute Gasteiger partial charge is 0.480 e. The molecular formula is C22H39N11O6. The number of aromatic amines is 1. The number of amides is 4. The summed E-state index contributed by atoms with van der Waals surface area (Å²) in [5.41, 5.74) is 27.7. The molecule has 0 saturated carbocycles. The molecule has 39 heavy (non-hydrogen) atoms. The number of carbonyl (C=O) groups is 5. The summed E-state index contributed by atoms with van der Waals surface area (Å²) in [5.74, 6) is -4.76. The summed E-state index contributed by atoms with van der Waals surface area (Å²) < 4.78 is 0. The van der Waals surface area contributed by atoms with Gasteiger partial charge in [0, 0.05) is 24.9 Å². The number of guanidine groups is 1. The van der Waals surface area contributed by atoms with Crippen molar-refractivity contribution in [2.24, 2.45) is 33.7 Å². The van der Waals surface area contributed by atoms with Crippen molar-refractivity contribution in [3.8, 4) is 0 Å². The summed E-state index contributed by atoms with van der Waals surface area (Å²) in [5, 5.41) is 16.8. The number of rotatable bonds is 19. The molecule has 0 saturated heterocycles. The average Bonchev–Trinajstić information content (AvgIpc) is 3.37. The summed E-state index contributed by atoms with van der Waals surface area (Å²) in [4.78, 5) is 72.4. The second-order valence-corrected chi connectivity index (χ2v) is 8.81. The minimum absolute atomic E-state index is 0.000586. The first-order valence-electron chi connectivity index (χ1n) is 12.3. The zero-order chi connectivity index (χ0) is 29.4. The predicted octanol–water partition coefficient (Wildman–Crippen LogP) is -4.12. The van der Waals surface area contributed by atoms with Gasteiger partial charge < -0.3 is 54.7 Å².